The first-order valence-electron chi connectivity index (χ1n) is 7.59. The van der Waals surface area contributed by atoms with E-state index < -0.39 is 0 Å². The molecule has 0 spiro atoms. The molecule has 0 atom stereocenters. The van der Waals surface area contributed by atoms with Crippen molar-refractivity contribution < 1.29 is 4.79 Å². The van der Waals surface area contributed by atoms with E-state index in [0.29, 0.717) is 6.42 Å². The lowest BCUT2D eigenvalue weighted by Gasteiger charge is -2.34. The number of carbonyl (C=O) groups excluding carboxylic acids is 1. The third-order valence-corrected chi connectivity index (χ3v) is 4.79. The van der Waals surface area contributed by atoms with Gasteiger partial charge in [-0.25, -0.2) is 0 Å². The van der Waals surface area contributed by atoms with Crippen molar-refractivity contribution in [3.8, 4) is 0 Å². The number of carbonyl (C=O) groups is 1. The Morgan fingerprint density at radius 1 is 1.14 bits per heavy atom. The van der Waals surface area contributed by atoms with E-state index in [1.807, 2.05) is 30.0 Å². The van der Waals surface area contributed by atoms with Gasteiger partial charge in [0.1, 0.15) is 5.01 Å². The van der Waals surface area contributed by atoms with Crippen molar-refractivity contribution in [1.29, 1.82) is 0 Å². The maximum Gasteiger partial charge on any atom is 0.223 e. The van der Waals surface area contributed by atoms with Crippen molar-refractivity contribution in [1.82, 2.24) is 15.1 Å². The van der Waals surface area contributed by atoms with Crippen molar-refractivity contribution >= 4 is 22.4 Å². The maximum atomic E-state index is 12.3. The van der Waals surface area contributed by atoms with Crippen LogP contribution in [-0.4, -0.2) is 47.2 Å². The standard InChI is InChI=1S/C16H20N4OS/c1-13-17-18-16(22-13)20-11-9-19(10-12-20)15(21)8-7-14-5-3-2-4-6-14/h2-6H,7-12H2,1H3. The number of benzene rings is 1. The van der Waals surface area contributed by atoms with Crippen LogP contribution in [0.1, 0.15) is 17.0 Å². The Kier molecular flexibility index (Phi) is 4.68. The lowest BCUT2D eigenvalue weighted by atomic mass is 10.1. The third kappa shape index (κ3) is 3.62. The van der Waals surface area contributed by atoms with Gasteiger partial charge in [-0.15, -0.1) is 10.2 Å². The highest BCUT2D eigenvalue weighted by Crippen LogP contribution is 2.21. The molecule has 0 bridgehead atoms. The van der Waals surface area contributed by atoms with Gasteiger partial charge in [-0.1, -0.05) is 41.7 Å². The topological polar surface area (TPSA) is 49.3 Å². The minimum absolute atomic E-state index is 0.247. The van der Waals surface area contributed by atoms with Crippen LogP contribution in [0.15, 0.2) is 30.3 Å². The smallest absolute Gasteiger partial charge is 0.223 e. The quantitative estimate of drug-likeness (QED) is 0.867. The normalized spacial score (nSPS) is 15.1. The average Bonchev–Trinajstić information content (AvgIpc) is 3.00. The predicted octanol–water partition coefficient (Wildman–Crippen LogP) is 2.13. The second-order valence-electron chi connectivity index (χ2n) is 5.46. The van der Waals surface area contributed by atoms with Gasteiger partial charge in [0.25, 0.3) is 0 Å². The van der Waals surface area contributed by atoms with E-state index in [1.54, 1.807) is 11.3 Å². The van der Waals surface area contributed by atoms with Crippen LogP contribution in [0.2, 0.25) is 0 Å². The minimum Gasteiger partial charge on any atom is -0.343 e. The molecule has 1 saturated heterocycles. The maximum absolute atomic E-state index is 12.3. The second kappa shape index (κ2) is 6.87. The second-order valence-corrected chi connectivity index (χ2v) is 6.62. The van der Waals surface area contributed by atoms with Crippen molar-refractivity contribution in [3.05, 3.63) is 40.9 Å². The summed E-state index contributed by atoms with van der Waals surface area (Å²) in [6.07, 6.45) is 1.40. The fourth-order valence-corrected chi connectivity index (χ4v) is 3.35. The van der Waals surface area contributed by atoms with Crippen LogP contribution in [-0.2, 0) is 11.2 Å². The van der Waals surface area contributed by atoms with Gasteiger partial charge in [0.2, 0.25) is 11.0 Å². The predicted molar refractivity (Wildman–Crippen MR) is 88.2 cm³/mol. The molecule has 2 aromatic rings. The van der Waals surface area contributed by atoms with Crippen LogP contribution >= 0.6 is 11.3 Å². The summed E-state index contributed by atoms with van der Waals surface area (Å²) >= 11 is 1.61. The molecule has 3 rings (SSSR count). The van der Waals surface area contributed by atoms with Gasteiger partial charge >= 0.3 is 0 Å². The molecule has 1 aromatic heterocycles. The highest BCUT2D eigenvalue weighted by molar-refractivity contribution is 7.15. The zero-order valence-electron chi connectivity index (χ0n) is 12.7. The van der Waals surface area contributed by atoms with Crippen LogP contribution in [0.5, 0.6) is 0 Å². The van der Waals surface area contributed by atoms with E-state index in [0.717, 1.165) is 42.7 Å². The molecule has 0 aliphatic carbocycles. The van der Waals surface area contributed by atoms with E-state index >= 15 is 0 Å². The molecule has 22 heavy (non-hydrogen) atoms. The van der Waals surface area contributed by atoms with Gasteiger partial charge < -0.3 is 9.80 Å². The number of aryl methyl sites for hydroxylation is 2. The fraction of sp³-hybridized carbons (Fsp3) is 0.438. The van der Waals surface area contributed by atoms with Crippen LogP contribution in [0, 0.1) is 6.92 Å². The van der Waals surface area contributed by atoms with Crippen LogP contribution in [0.25, 0.3) is 0 Å². The van der Waals surface area contributed by atoms with Crippen LogP contribution < -0.4 is 4.90 Å². The van der Waals surface area contributed by atoms with Gasteiger partial charge in [-0.3, -0.25) is 4.79 Å². The number of rotatable bonds is 4. The van der Waals surface area contributed by atoms with E-state index in [9.17, 15) is 4.79 Å². The summed E-state index contributed by atoms with van der Waals surface area (Å²) in [5.41, 5.74) is 1.22. The Morgan fingerprint density at radius 3 is 2.50 bits per heavy atom. The molecule has 0 N–H and O–H groups in total. The number of hydrogen-bond donors (Lipinski definition) is 0. The summed E-state index contributed by atoms with van der Waals surface area (Å²) in [6.45, 7) is 5.18. The zero-order chi connectivity index (χ0) is 15.4. The van der Waals surface area contributed by atoms with Gasteiger partial charge in [0.15, 0.2) is 0 Å². The SMILES string of the molecule is Cc1nnc(N2CCN(C(=O)CCc3ccccc3)CC2)s1. The molecule has 5 nitrogen and oxygen atoms in total. The number of hydrogen-bond acceptors (Lipinski definition) is 5. The first-order chi connectivity index (χ1) is 10.7. The van der Waals surface area contributed by atoms with Gasteiger partial charge in [0, 0.05) is 32.6 Å². The van der Waals surface area contributed by atoms with E-state index in [4.69, 9.17) is 0 Å². The van der Waals surface area contributed by atoms with E-state index in [-0.39, 0.29) is 5.91 Å². The van der Waals surface area contributed by atoms with Gasteiger partial charge in [0.05, 0.1) is 0 Å². The third-order valence-electron chi connectivity index (χ3n) is 3.89. The summed E-state index contributed by atoms with van der Waals surface area (Å²) in [6, 6.07) is 10.2. The molecule has 2 heterocycles. The number of aromatic nitrogens is 2. The number of amides is 1. The molecular weight excluding hydrogens is 296 g/mol. The molecule has 6 heteroatoms. The monoisotopic (exact) mass is 316 g/mol. The molecule has 1 aromatic carbocycles. The molecule has 1 amide bonds. The molecular formula is C16H20N4OS. The first kappa shape index (κ1) is 15.0. The summed E-state index contributed by atoms with van der Waals surface area (Å²) in [4.78, 5) is 16.5. The lowest BCUT2D eigenvalue weighted by Crippen LogP contribution is -2.48. The Labute approximate surface area is 134 Å². The summed E-state index contributed by atoms with van der Waals surface area (Å²) in [5.74, 6) is 0.247. The Morgan fingerprint density at radius 2 is 1.86 bits per heavy atom. The van der Waals surface area contributed by atoms with Gasteiger partial charge in [-0.05, 0) is 18.9 Å². The molecule has 1 aliphatic heterocycles. The largest absolute Gasteiger partial charge is 0.343 e. The number of piperazine rings is 1. The highest BCUT2D eigenvalue weighted by Gasteiger charge is 2.22. The first-order valence-corrected chi connectivity index (χ1v) is 8.41. The molecule has 0 saturated carbocycles. The van der Waals surface area contributed by atoms with Crippen molar-refractivity contribution in [2.75, 3.05) is 31.1 Å². The number of anilines is 1. The molecule has 1 aliphatic rings. The van der Waals surface area contributed by atoms with E-state index in [2.05, 4.69) is 27.2 Å². The summed E-state index contributed by atoms with van der Waals surface area (Å²) in [5, 5.41) is 10.2. The van der Waals surface area contributed by atoms with Crippen LogP contribution in [0.3, 0.4) is 0 Å². The van der Waals surface area contributed by atoms with Crippen molar-refractivity contribution in [3.63, 3.8) is 0 Å². The van der Waals surface area contributed by atoms with E-state index in [1.165, 1.54) is 5.56 Å². The zero-order valence-corrected chi connectivity index (χ0v) is 13.6. The summed E-state index contributed by atoms with van der Waals surface area (Å²) in [7, 11) is 0. The fourth-order valence-electron chi connectivity index (χ4n) is 2.62. The van der Waals surface area contributed by atoms with Crippen molar-refractivity contribution in [2.45, 2.75) is 19.8 Å². The average molecular weight is 316 g/mol. The Balaban J connectivity index is 1.47. The summed E-state index contributed by atoms with van der Waals surface area (Å²) < 4.78 is 0. The minimum atomic E-state index is 0.247. The molecule has 1 fully saturated rings. The molecule has 0 radical (unpaired) electrons. The molecule has 0 unspecified atom stereocenters. The Bertz CT molecular complexity index is 620. The van der Waals surface area contributed by atoms with Crippen molar-refractivity contribution in [2.24, 2.45) is 0 Å². The Hall–Kier alpha value is -1.95. The highest BCUT2D eigenvalue weighted by atomic mass is 32.1. The lowest BCUT2D eigenvalue weighted by molar-refractivity contribution is -0.131. The van der Waals surface area contributed by atoms with Gasteiger partial charge in [-0.2, -0.15) is 0 Å². The van der Waals surface area contributed by atoms with Crippen LogP contribution in [0.4, 0.5) is 5.13 Å². The molecule has 116 valence electrons. The number of nitrogens with zero attached hydrogens (tertiary/aromatic N) is 4.